The van der Waals surface area contributed by atoms with Crippen LogP contribution in [0.4, 0.5) is 26.3 Å². The van der Waals surface area contributed by atoms with Crippen molar-refractivity contribution < 1.29 is 30.8 Å². The zero-order valence-corrected chi connectivity index (χ0v) is 5.75. The molecular formula is C6HF6O. The summed E-state index contributed by atoms with van der Waals surface area (Å²) in [5, 5.41) is 0. The number of alkyl halides is 6. The molecule has 0 unspecified atom stereocenters. The van der Waals surface area contributed by atoms with E-state index in [-0.39, 0.29) is 6.26 Å². The summed E-state index contributed by atoms with van der Waals surface area (Å²) in [7, 11) is 0. The van der Waals surface area contributed by atoms with Gasteiger partial charge in [0, 0.05) is 6.07 Å². The van der Waals surface area contributed by atoms with Gasteiger partial charge >= 0.3 is 12.4 Å². The molecule has 1 nitrogen and oxygen atoms in total. The molecular weight excluding hydrogens is 202 g/mol. The third-order valence-corrected chi connectivity index (χ3v) is 1.11. The lowest BCUT2D eigenvalue weighted by Gasteiger charge is -2.00. The lowest BCUT2D eigenvalue weighted by molar-refractivity contribution is -0.153. The van der Waals surface area contributed by atoms with E-state index >= 15 is 0 Å². The maximum atomic E-state index is 11.7. The summed E-state index contributed by atoms with van der Waals surface area (Å²) in [6.07, 6.45) is -9.83. The number of halogens is 6. The van der Waals surface area contributed by atoms with E-state index in [2.05, 4.69) is 4.42 Å². The molecule has 0 aliphatic rings. The van der Waals surface area contributed by atoms with Gasteiger partial charge in [0.25, 0.3) is 0 Å². The Balaban J connectivity index is 3.01. The third kappa shape index (κ3) is 2.16. The number of hydrogen-bond donors (Lipinski definition) is 0. The van der Waals surface area contributed by atoms with Gasteiger partial charge in [0.15, 0.2) is 0 Å². The highest BCUT2D eigenvalue weighted by atomic mass is 19.4. The van der Waals surface area contributed by atoms with Crippen molar-refractivity contribution in [3.63, 3.8) is 0 Å². The van der Waals surface area contributed by atoms with Gasteiger partial charge in [-0.2, -0.15) is 26.3 Å². The first-order valence-corrected chi connectivity index (χ1v) is 2.86. The van der Waals surface area contributed by atoms with Crippen molar-refractivity contribution in [3.8, 4) is 0 Å². The molecule has 0 amide bonds. The fourth-order valence-electron chi connectivity index (χ4n) is 0.574. The van der Waals surface area contributed by atoms with Gasteiger partial charge in [-0.3, -0.25) is 0 Å². The van der Waals surface area contributed by atoms with Crippen LogP contribution >= 0.6 is 0 Å². The maximum absolute atomic E-state index is 11.7. The van der Waals surface area contributed by atoms with Crippen molar-refractivity contribution in [2.45, 2.75) is 12.4 Å². The van der Waals surface area contributed by atoms with Gasteiger partial charge in [-0.05, 0) is 0 Å². The van der Waals surface area contributed by atoms with Gasteiger partial charge in [-0.25, -0.2) is 0 Å². The molecule has 1 radical (unpaired) electrons. The van der Waals surface area contributed by atoms with Crippen molar-refractivity contribution in [1.29, 1.82) is 0 Å². The van der Waals surface area contributed by atoms with Crippen molar-refractivity contribution >= 4 is 0 Å². The lowest BCUT2D eigenvalue weighted by Crippen LogP contribution is -2.05. The van der Waals surface area contributed by atoms with E-state index in [1.165, 1.54) is 0 Å². The van der Waals surface area contributed by atoms with E-state index in [1.807, 2.05) is 0 Å². The molecule has 1 aromatic heterocycles. The van der Waals surface area contributed by atoms with E-state index in [9.17, 15) is 26.3 Å². The molecule has 7 heteroatoms. The largest absolute Gasteiger partial charge is 0.458 e. The molecule has 0 atom stereocenters. The Morgan fingerprint density at radius 1 is 1.00 bits per heavy atom. The summed E-state index contributed by atoms with van der Waals surface area (Å²) in [5.74, 6) is -1.78. The van der Waals surface area contributed by atoms with Gasteiger partial charge in [0.05, 0.1) is 0 Å². The van der Waals surface area contributed by atoms with Crippen LogP contribution in [-0.4, -0.2) is 0 Å². The fraction of sp³-hybridized carbons (Fsp3) is 0.333. The second-order valence-electron chi connectivity index (χ2n) is 2.10. The molecule has 0 aromatic carbocycles. The number of rotatable bonds is 0. The molecule has 0 saturated heterocycles. The van der Waals surface area contributed by atoms with Crippen LogP contribution in [0.15, 0.2) is 10.7 Å². The van der Waals surface area contributed by atoms with E-state index in [4.69, 9.17) is 0 Å². The quantitative estimate of drug-likeness (QED) is 0.590. The smallest absolute Gasteiger partial charge is 0.450 e. The van der Waals surface area contributed by atoms with Crippen LogP contribution in [0.5, 0.6) is 0 Å². The van der Waals surface area contributed by atoms with Gasteiger partial charge in [0.2, 0.25) is 5.76 Å². The molecule has 13 heavy (non-hydrogen) atoms. The second kappa shape index (κ2) is 2.68. The Bertz CT molecular complexity index is 264. The Morgan fingerprint density at radius 3 is 1.77 bits per heavy atom. The van der Waals surface area contributed by atoms with Crippen molar-refractivity contribution in [1.82, 2.24) is 0 Å². The molecule has 1 aromatic rings. The van der Waals surface area contributed by atoms with E-state index in [1.54, 1.807) is 0 Å². The van der Waals surface area contributed by atoms with Gasteiger partial charge < -0.3 is 4.42 Å². The van der Waals surface area contributed by atoms with Crippen molar-refractivity contribution in [2.24, 2.45) is 0 Å². The van der Waals surface area contributed by atoms with Crippen LogP contribution in [0, 0.1) is 6.07 Å². The number of furan rings is 1. The zero-order chi connectivity index (χ0) is 10.3. The third-order valence-electron chi connectivity index (χ3n) is 1.11. The molecule has 0 fully saturated rings. The van der Waals surface area contributed by atoms with Gasteiger partial charge in [0.1, 0.15) is 11.8 Å². The Labute approximate surface area is 67.9 Å². The molecule has 1 heterocycles. The predicted octanol–water partition coefficient (Wildman–Crippen LogP) is 3.12. The zero-order valence-electron chi connectivity index (χ0n) is 5.75. The maximum Gasteiger partial charge on any atom is 0.450 e. The molecule has 0 spiro atoms. The lowest BCUT2D eigenvalue weighted by atomic mass is 10.3. The summed E-state index contributed by atoms with van der Waals surface area (Å²) in [6, 6.07) is 1.08. The minimum absolute atomic E-state index is 0.0250. The minimum Gasteiger partial charge on any atom is -0.458 e. The average Bonchev–Trinajstić information content (AvgIpc) is 2.28. The topological polar surface area (TPSA) is 13.1 Å². The normalized spacial score (nSPS) is 13.4. The van der Waals surface area contributed by atoms with Crippen LogP contribution in [0.2, 0.25) is 0 Å². The summed E-state index contributed by atoms with van der Waals surface area (Å²) in [4.78, 5) is 0. The fourth-order valence-corrected chi connectivity index (χ4v) is 0.574. The highest BCUT2D eigenvalue weighted by Crippen LogP contribution is 2.35. The number of hydrogen-bond acceptors (Lipinski definition) is 1. The molecule has 0 aliphatic heterocycles. The van der Waals surface area contributed by atoms with Crippen LogP contribution in [0.25, 0.3) is 0 Å². The van der Waals surface area contributed by atoms with E-state index < -0.39 is 23.7 Å². The molecule has 0 aliphatic carbocycles. The molecule has 0 saturated carbocycles. The Kier molecular flexibility index (Phi) is 2.05. The second-order valence-corrected chi connectivity index (χ2v) is 2.10. The SMILES string of the molecule is FC(F)(F)c1[c]c(C(F)(F)F)oc1. The van der Waals surface area contributed by atoms with Gasteiger partial charge in [-0.1, -0.05) is 0 Å². The summed E-state index contributed by atoms with van der Waals surface area (Å²) >= 11 is 0. The van der Waals surface area contributed by atoms with Crippen LogP contribution in [-0.2, 0) is 12.4 Å². The molecule has 73 valence electrons. The first-order valence-electron chi connectivity index (χ1n) is 2.86. The van der Waals surface area contributed by atoms with E-state index in [0.717, 1.165) is 6.07 Å². The highest BCUT2D eigenvalue weighted by Gasteiger charge is 2.40. The molecule has 0 bridgehead atoms. The van der Waals surface area contributed by atoms with Crippen molar-refractivity contribution in [2.75, 3.05) is 0 Å². The van der Waals surface area contributed by atoms with Crippen LogP contribution < -0.4 is 0 Å². The van der Waals surface area contributed by atoms with Crippen LogP contribution in [0.3, 0.4) is 0 Å². The van der Waals surface area contributed by atoms with Gasteiger partial charge in [-0.15, -0.1) is 0 Å². The van der Waals surface area contributed by atoms with E-state index in [0.29, 0.717) is 0 Å². The summed E-state index contributed by atoms with van der Waals surface area (Å²) in [6.45, 7) is 0. The Morgan fingerprint density at radius 2 is 1.54 bits per heavy atom. The first kappa shape index (κ1) is 9.94. The monoisotopic (exact) mass is 203 g/mol. The predicted molar refractivity (Wildman–Crippen MR) is 27.5 cm³/mol. The average molecular weight is 203 g/mol. The summed E-state index contributed by atoms with van der Waals surface area (Å²) in [5.41, 5.74) is -1.57. The highest BCUT2D eigenvalue weighted by molar-refractivity contribution is 5.15. The van der Waals surface area contributed by atoms with Crippen molar-refractivity contribution in [3.05, 3.63) is 23.7 Å². The van der Waals surface area contributed by atoms with Crippen LogP contribution in [0.1, 0.15) is 11.3 Å². The first-order chi connectivity index (χ1) is 5.71. The molecule has 0 N–H and O–H groups in total. The minimum atomic E-state index is -4.94. The molecule has 1 rings (SSSR count). The standard InChI is InChI=1S/C6HF6O/c7-5(8,9)3-1-4(13-2-3)6(10,11)12/h2H. The summed E-state index contributed by atoms with van der Waals surface area (Å²) < 4.78 is 73.9. The Hall–Kier alpha value is -1.14.